The highest BCUT2D eigenvalue weighted by molar-refractivity contribution is 5.85. The fourth-order valence-corrected chi connectivity index (χ4v) is 8.10. The summed E-state index contributed by atoms with van der Waals surface area (Å²) in [6, 6.07) is 1.75. The van der Waals surface area contributed by atoms with Crippen LogP contribution in [0.3, 0.4) is 0 Å². The van der Waals surface area contributed by atoms with E-state index in [2.05, 4.69) is 0 Å². The van der Waals surface area contributed by atoms with Crippen LogP contribution in [-0.4, -0.2) is 92.6 Å². The standard InChI is InChI=1S/C26H34O12/c1-24-8-13(11-5-6-34-10-11)35-21(31)12(24)7-17-25(2)15(24)3-4-16(26(25,33)23(32)38-17)37-22-20(30)19(29)18(28)14(9-27)36-22/h5-6,10,12-20,22,27-30,33H,3-4,7-9H2,1-2H3. The lowest BCUT2D eigenvalue weighted by Crippen LogP contribution is -2.71. The lowest BCUT2D eigenvalue weighted by Gasteiger charge is -2.63. The summed E-state index contributed by atoms with van der Waals surface area (Å²) in [5.74, 6) is -2.12. The number of hydrogen-bond donors (Lipinski definition) is 5. The molecule has 3 saturated heterocycles. The van der Waals surface area contributed by atoms with Crippen molar-refractivity contribution in [1.82, 2.24) is 0 Å². The Balaban J connectivity index is 1.33. The maximum Gasteiger partial charge on any atom is 0.341 e. The summed E-state index contributed by atoms with van der Waals surface area (Å²) >= 11 is 0. The molecule has 5 aliphatic rings. The molecule has 1 aromatic rings. The van der Waals surface area contributed by atoms with Gasteiger partial charge in [-0.3, -0.25) is 4.79 Å². The topological polar surface area (TPSA) is 185 Å². The van der Waals surface area contributed by atoms with E-state index in [9.17, 15) is 35.1 Å². The number of fused-ring (bicyclic) bond motifs is 2. The summed E-state index contributed by atoms with van der Waals surface area (Å²) in [6.45, 7) is 3.14. The molecule has 38 heavy (non-hydrogen) atoms. The molecule has 4 heterocycles. The average molecular weight is 539 g/mol. The van der Waals surface area contributed by atoms with E-state index < -0.39 is 83.9 Å². The first-order chi connectivity index (χ1) is 18.0. The molecule has 2 saturated carbocycles. The van der Waals surface area contributed by atoms with Crippen molar-refractivity contribution in [3.05, 3.63) is 24.2 Å². The Labute approximate surface area is 218 Å². The smallest absolute Gasteiger partial charge is 0.341 e. The Bertz CT molecular complexity index is 1090. The van der Waals surface area contributed by atoms with Gasteiger partial charge in [0, 0.05) is 5.56 Å². The van der Waals surface area contributed by atoms with Crippen LogP contribution in [0.2, 0.25) is 0 Å². The van der Waals surface area contributed by atoms with Crippen molar-refractivity contribution in [2.24, 2.45) is 22.7 Å². The summed E-state index contributed by atoms with van der Waals surface area (Å²) in [6.07, 6.45) is -5.80. The van der Waals surface area contributed by atoms with E-state index in [-0.39, 0.29) is 24.7 Å². The van der Waals surface area contributed by atoms with Crippen LogP contribution >= 0.6 is 0 Å². The molecule has 210 valence electrons. The first kappa shape index (κ1) is 26.2. The zero-order valence-corrected chi connectivity index (χ0v) is 21.1. The van der Waals surface area contributed by atoms with E-state index in [1.165, 1.54) is 6.26 Å². The second kappa shape index (κ2) is 8.72. The second-order valence-corrected chi connectivity index (χ2v) is 11.9. The van der Waals surface area contributed by atoms with Gasteiger partial charge in [0.25, 0.3) is 0 Å². The third-order valence-corrected chi connectivity index (χ3v) is 10.2. The summed E-state index contributed by atoms with van der Waals surface area (Å²) in [5.41, 5.74) is -3.19. The number of carbonyl (C=O) groups excluding carboxylic acids is 2. The van der Waals surface area contributed by atoms with Gasteiger partial charge < -0.3 is 48.9 Å². The lowest BCUT2D eigenvalue weighted by molar-refractivity contribution is -0.336. The van der Waals surface area contributed by atoms with Crippen LogP contribution in [-0.2, 0) is 28.5 Å². The molecule has 12 heteroatoms. The van der Waals surface area contributed by atoms with Gasteiger partial charge in [0.05, 0.1) is 30.5 Å². The zero-order chi connectivity index (χ0) is 27.2. The first-order valence-corrected chi connectivity index (χ1v) is 13.1. The number of aliphatic hydroxyl groups is 5. The maximum absolute atomic E-state index is 13.4. The Morgan fingerprint density at radius 3 is 2.53 bits per heavy atom. The number of furan rings is 1. The van der Waals surface area contributed by atoms with Crippen LogP contribution in [0.1, 0.15) is 51.2 Å². The first-order valence-electron chi connectivity index (χ1n) is 13.1. The predicted octanol–water partition coefficient (Wildman–Crippen LogP) is -0.448. The largest absolute Gasteiger partial charge is 0.472 e. The normalized spacial score (nSPS) is 52.1. The number of hydrogen-bond acceptors (Lipinski definition) is 12. The molecule has 0 aromatic carbocycles. The van der Waals surface area contributed by atoms with Crippen molar-refractivity contribution in [1.29, 1.82) is 0 Å². The van der Waals surface area contributed by atoms with Gasteiger partial charge in [0.2, 0.25) is 0 Å². The Morgan fingerprint density at radius 2 is 1.84 bits per heavy atom. The fraction of sp³-hybridized carbons (Fsp3) is 0.769. The average Bonchev–Trinajstić information content (AvgIpc) is 3.48. The van der Waals surface area contributed by atoms with Crippen LogP contribution in [0.15, 0.2) is 23.0 Å². The molecule has 5 fully saturated rings. The Kier molecular flexibility index (Phi) is 6.01. The van der Waals surface area contributed by atoms with Crippen molar-refractivity contribution in [2.45, 2.75) is 94.1 Å². The van der Waals surface area contributed by atoms with Crippen LogP contribution in [0, 0.1) is 22.7 Å². The van der Waals surface area contributed by atoms with Crippen LogP contribution < -0.4 is 0 Å². The Morgan fingerprint density at radius 1 is 1.08 bits per heavy atom. The molecular formula is C26H34O12. The molecular weight excluding hydrogens is 504 g/mol. The lowest BCUT2D eigenvalue weighted by atomic mass is 9.42. The molecule has 0 spiro atoms. The van der Waals surface area contributed by atoms with Gasteiger partial charge in [0.1, 0.15) is 42.7 Å². The molecule has 1 aromatic heterocycles. The fourth-order valence-electron chi connectivity index (χ4n) is 8.10. The van der Waals surface area contributed by atoms with E-state index >= 15 is 0 Å². The third-order valence-electron chi connectivity index (χ3n) is 10.2. The van der Waals surface area contributed by atoms with Gasteiger partial charge >= 0.3 is 11.9 Å². The minimum absolute atomic E-state index is 0.168. The van der Waals surface area contributed by atoms with Gasteiger partial charge in [-0.2, -0.15) is 0 Å². The highest BCUT2D eigenvalue weighted by Gasteiger charge is 2.79. The SMILES string of the molecule is CC12CC(c3ccoc3)OC(=O)C1CC1OC(=O)C3(O)C(OC4OC(CO)C(O)C(O)C4O)CCC2C13C. The van der Waals surface area contributed by atoms with E-state index in [0.717, 1.165) is 5.56 Å². The van der Waals surface area contributed by atoms with E-state index in [1.807, 2.05) is 6.92 Å². The summed E-state index contributed by atoms with van der Waals surface area (Å²) in [4.78, 5) is 26.6. The number of rotatable bonds is 4. The third kappa shape index (κ3) is 3.28. The maximum atomic E-state index is 13.4. The van der Waals surface area contributed by atoms with Crippen molar-refractivity contribution in [3.8, 4) is 0 Å². The Hall–Kier alpha value is -2.06. The van der Waals surface area contributed by atoms with Crippen LogP contribution in [0.25, 0.3) is 0 Å². The number of ether oxygens (including phenoxy) is 4. The molecule has 12 nitrogen and oxygen atoms in total. The molecule has 0 radical (unpaired) electrons. The summed E-state index contributed by atoms with van der Waals surface area (Å²) in [7, 11) is 0. The number of aliphatic hydroxyl groups excluding tert-OH is 4. The predicted molar refractivity (Wildman–Crippen MR) is 123 cm³/mol. The van der Waals surface area contributed by atoms with Gasteiger partial charge in [-0.05, 0) is 43.1 Å². The molecule has 0 amide bonds. The van der Waals surface area contributed by atoms with E-state index in [4.69, 9.17) is 23.4 Å². The molecule has 6 rings (SSSR count). The highest BCUT2D eigenvalue weighted by Crippen LogP contribution is 2.69. The molecule has 5 N–H and O–H groups in total. The quantitative estimate of drug-likeness (QED) is 0.246. The molecule has 3 aliphatic heterocycles. The van der Waals surface area contributed by atoms with Crippen LogP contribution in [0.4, 0.5) is 0 Å². The highest BCUT2D eigenvalue weighted by atomic mass is 16.7. The monoisotopic (exact) mass is 538 g/mol. The second-order valence-electron chi connectivity index (χ2n) is 11.9. The molecule has 13 atom stereocenters. The minimum atomic E-state index is -2.14. The van der Waals surface area contributed by atoms with E-state index in [1.54, 1.807) is 19.3 Å². The summed E-state index contributed by atoms with van der Waals surface area (Å²) in [5, 5.41) is 52.5. The van der Waals surface area contributed by atoms with Gasteiger partial charge in [-0.1, -0.05) is 13.8 Å². The van der Waals surface area contributed by atoms with Crippen molar-refractivity contribution in [3.63, 3.8) is 0 Å². The van der Waals surface area contributed by atoms with Gasteiger partial charge in [-0.15, -0.1) is 0 Å². The zero-order valence-electron chi connectivity index (χ0n) is 21.1. The number of esters is 2. The van der Waals surface area contributed by atoms with Crippen molar-refractivity contribution >= 4 is 11.9 Å². The number of carbonyl (C=O) groups is 2. The minimum Gasteiger partial charge on any atom is -0.472 e. The van der Waals surface area contributed by atoms with Gasteiger partial charge in [0.15, 0.2) is 11.9 Å². The van der Waals surface area contributed by atoms with Crippen LogP contribution in [0.5, 0.6) is 0 Å². The van der Waals surface area contributed by atoms with Crippen molar-refractivity contribution < 1.29 is 58.5 Å². The molecule has 0 bridgehead atoms. The van der Waals surface area contributed by atoms with Crippen molar-refractivity contribution in [2.75, 3.05) is 6.61 Å². The molecule has 2 aliphatic carbocycles. The van der Waals surface area contributed by atoms with E-state index in [0.29, 0.717) is 12.8 Å². The summed E-state index contributed by atoms with van der Waals surface area (Å²) < 4.78 is 28.2. The molecule has 13 unspecified atom stereocenters. The number of cyclic esters (lactones) is 1. The van der Waals surface area contributed by atoms with Gasteiger partial charge in [-0.25, -0.2) is 4.79 Å².